The van der Waals surface area contributed by atoms with Crippen molar-refractivity contribution in [2.24, 2.45) is 5.92 Å². The highest BCUT2D eigenvalue weighted by molar-refractivity contribution is 6.07. The Balaban J connectivity index is 1.65. The molecule has 3 rings (SSSR count). The van der Waals surface area contributed by atoms with Gasteiger partial charge in [-0.3, -0.25) is 9.59 Å². The number of piperidine rings is 1. The van der Waals surface area contributed by atoms with E-state index in [2.05, 4.69) is 27.2 Å². The average Bonchev–Trinajstić information content (AvgIpc) is 3.09. The quantitative estimate of drug-likeness (QED) is 0.522. The van der Waals surface area contributed by atoms with E-state index < -0.39 is 0 Å². The molecule has 1 unspecified atom stereocenters. The minimum absolute atomic E-state index is 0.0583. The van der Waals surface area contributed by atoms with E-state index in [0.29, 0.717) is 22.3 Å². The van der Waals surface area contributed by atoms with Crippen molar-refractivity contribution in [3.05, 3.63) is 40.8 Å². The first-order chi connectivity index (χ1) is 14.3. The summed E-state index contributed by atoms with van der Waals surface area (Å²) in [5.74, 6) is -0.645. The third kappa shape index (κ3) is 4.81. The van der Waals surface area contributed by atoms with Crippen molar-refractivity contribution in [3.8, 4) is 0 Å². The maximum absolute atomic E-state index is 13.2. The highest BCUT2D eigenvalue weighted by Crippen LogP contribution is 2.23. The van der Waals surface area contributed by atoms with Crippen molar-refractivity contribution in [1.82, 2.24) is 20.2 Å². The number of nitrogens with one attached hydrogen (secondary N) is 4. The van der Waals surface area contributed by atoms with E-state index in [-0.39, 0.29) is 41.9 Å². The third-order valence-electron chi connectivity index (χ3n) is 5.61. The number of H-pyrrole nitrogens is 2. The maximum atomic E-state index is 13.2. The van der Waals surface area contributed by atoms with Gasteiger partial charge in [-0.2, -0.15) is 0 Å². The first-order valence-electron chi connectivity index (χ1n) is 10.5. The molecule has 1 saturated heterocycles. The summed E-state index contributed by atoms with van der Waals surface area (Å²) in [5.41, 5.74) is 1.64. The van der Waals surface area contributed by atoms with Crippen molar-refractivity contribution in [2.75, 3.05) is 18.4 Å². The highest BCUT2D eigenvalue weighted by Gasteiger charge is 2.31. The SMILES string of the molecule is C=C(CC(C)C(=O)N(C(C)C)C1CCNCC1)C(=O)Nc1cccc2[nH]c(=O)[nH]c12. The van der Waals surface area contributed by atoms with Gasteiger partial charge in [0.2, 0.25) is 5.91 Å². The first kappa shape index (κ1) is 21.8. The number of carbonyl (C=O) groups excluding carboxylic acids is 2. The maximum Gasteiger partial charge on any atom is 0.323 e. The monoisotopic (exact) mass is 413 g/mol. The number of benzene rings is 1. The lowest BCUT2D eigenvalue weighted by Gasteiger charge is -2.39. The van der Waals surface area contributed by atoms with Crippen LogP contribution in [-0.4, -0.2) is 51.9 Å². The number of aromatic nitrogens is 2. The summed E-state index contributed by atoms with van der Waals surface area (Å²) < 4.78 is 0. The Kier molecular flexibility index (Phi) is 6.77. The summed E-state index contributed by atoms with van der Waals surface area (Å²) in [5, 5.41) is 6.13. The molecule has 1 aliphatic rings. The fourth-order valence-electron chi connectivity index (χ4n) is 4.12. The van der Waals surface area contributed by atoms with Crippen molar-refractivity contribution < 1.29 is 9.59 Å². The van der Waals surface area contributed by atoms with E-state index in [1.54, 1.807) is 18.2 Å². The average molecular weight is 414 g/mol. The predicted molar refractivity (Wildman–Crippen MR) is 118 cm³/mol. The van der Waals surface area contributed by atoms with Crippen LogP contribution in [0.3, 0.4) is 0 Å². The zero-order valence-corrected chi connectivity index (χ0v) is 17.9. The molecule has 8 nitrogen and oxygen atoms in total. The Hall–Kier alpha value is -2.87. The highest BCUT2D eigenvalue weighted by atomic mass is 16.2. The number of fused-ring (bicyclic) bond motifs is 1. The minimum Gasteiger partial charge on any atom is -0.337 e. The topological polar surface area (TPSA) is 110 Å². The number of nitrogens with zero attached hydrogens (tertiary/aromatic N) is 1. The molecule has 162 valence electrons. The standard InChI is InChI=1S/C22H31N5O3/c1-13(2)27(16-8-10-23-11-9-16)21(29)15(4)12-14(3)20(28)24-17-6-5-7-18-19(17)26-22(30)25-18/h5-7,13,15-16,23H,3,8-12H2,1-2,4H3,(H,24,28)(H2,25,26,30). The summed E-state index contributed by atoms with van der Waals surface area (Å²) >= 11 is 0. The predicted octanol–water partition coefficient (Wildman–Crippen LogP) is 2.37. The molecule has 1 aliphatic heterocycles. The Morgan fingerprint density at radius 2 is 1.90 bits per heavy atom. The van der Waals surface area contributed by atoms with E-state index in [1.165, 1.54) is 0 Å². The van der Waals surface area contributed by atoms with Crippen LogP contribution >= 0.6 is 0 Å². The fraction of sp³-hybridized carbons (Fsp3) is 0.500. The number of rotatable bonds is 7. The van der Waals surface area contributed by atoms with Crippen LogP contribution in [0.1, 0.15) is 40.0 Å². The van der Waals surface area contributed by atoms with Gasteiger partial charge in [-0.05, 0) is 58.3 Å². The number of hydrogen-bond donors (Lipinski definition) is 4. The van der Waals surface area contributed by atoms with Gasteiger partial charge in [-0.1, -0.05) is 19.6 Å². The lowest BCUT2D eigenvalue weighted by atomic mass is 9.96. The van der Waals surface area contributed by atoms with E-state index in [1.807, 2.05) is 25.7 Å². The molecule has 30 heavy (non-hydrogen) atoms. The number of imidazole rings is 1. The molecule has 2 heterocycles. The van der Waals surface area contributed by atoms with Gasteiger partial charge in [0.25, 0.3) is 5.91 Å². The van der Waals surface area contributed by atoms with Crippen LogP contribution in [0.15, 0.2) is 35.1 Å². The van der Waals surface area contributed by atoms with Gasteiger partial charge in [0, 0.05) is 23.6 Å². The molecule has 1 aromatic carbocycles. The molecule has 1 fully saturated rings. The molecular weight excluding hydrogens is 382 g/mol. The summed E-state index contributed by atoms with van der Waals surface area (Å²) in [4.78, 5) is 44.7. The lowest BCUT2D eigenvalue weighted by Crippen LogP contribution is -2.51. The van der Waals surface area contributed by atoms with E-state index in [0.717, 1.165) is 25.9 Å². The van der Waals surface area contributed by atoms with Crippen molar-refractivity contribution in [2.45, 2.75) is 52.1 Å². The van der Waals surface area contributed by atoms with Gasteiger partial charge >= 0.3 is 5.69 Å². The molecule has 0 radical (unpaired) electrons. The molecule has 1 atom stereocenters. The van der Waals surface area contributed by atoms with Gasteiger partial charge in [-0.25, -0.2) is 4.79 Å². The number of aromatic amines is 2. The van der Waals surface area contributed by atoms with Crippen LogP contribution in [-0.2, 0) is 9.59 Å². The van der Waals surface area contributed by atoms with Crippen LogP contribution in [0.25, 0.3) is 11.0 Å². The van der Waals surface area contributed by atoms with Gasteiger partial charge in [0.15, 0.2) is 0 Å². The summed E-state index contributed by atoms with van der Waals surface area (Å²) in [7, 11) is 0. The molecule has 2 amide bonds. The Bertz CT molecular complexity index is 984. The summed E-state index contributed by atoms with van der Waals surface area (Å²) in [6, 6.07) is 5.54. The fourth-order valence-corrected chi connectivity index (χ4v) is 4.12. The molecule has 0 saturated carbocycles. The molecule has 0 aliphatic carbocycles. The zero-order chi connectivity index (χ0) is 21.8. The van der Waals surface area contributed by atoms with Crippen LogP contribution in [0.5, 0.6) is 0 Å². The number of carbonyl (C=O) groups is 2. The largest absolute Gasteiger partial charge is 0.337 e. The summed E-state index contributed by atoms with van der Waals surface area (Å²) in [6.07, 6.45) is 2.16. The Labute approximate surface area is 176 Å². The van der Waals surface area contributed by atoms with Crippen LogP contribution in [0, 0.1) is 5.92 Å². The third-order valence-corrected chi connectivity index (χ3v) is 5.61. The second kappa shape index (κ2) is 9.30. The minimum atomic E-state index is -0.359. The van der Waals surface area contributed by atoms with E-state index in [4.69, 9.17) is 0 Å². The molecule has 0 bridgehead atoms. The van der Waals surface area contributed by atoms with Crippen LogP contribution in [0.4, 0.5) is 5.69 Å². The van der Waals surface area contributed by atoms with Crippen molar-refractivity contribution >= 4 is 28.5 Å². The summed E-state index contributed by atoms with van der Waals surface area (Å²) in [6.45, 7) is 11.6. The molecule has 4 N–H and O–H groups in total. The normalized spacial score (nSPS) is 15.9. The smallest absolute Gasteiger partial charge is 0.323 e. The molecule has 1 aromatic heterocycles. The number of anilines is 1. The second-order valence-electron chi connectivity index (χ2n) is 8.29. The van der Waals surface area contributed by atoms with Gasteiger partial charge in [0.1, 0.15) is 0 Å². The van der Waals surface area contributed by atoms with Crippen molar-refractivity contribution in [3.63, 3.8) is 0 Å². The van der Waals surface area contributed by atoms with Gasteiger partial charge in [0.05, 0.1) is 16.7 Å². The molecule has 8 heteroatoms. The number of amides is 2. The molecular formula is C22H31N5O3. The number of hydrogen-bond acceptors (Lipinski definition) is 4. The van der Waals surface area contributed by atoms with E-state index >= 15 is 0 Å². The molecule has 0 spiro atoms. The Morgan fingerprint density at radius 1 is 1.20 bits per heavy atom. The Morgan fingerprint density at radius 3 is 2.57 bits per heavy atom. The van der Waals surface area contributed by atoms with Gasteiger partial charge in [-0.15, -0.1) is 0 Å². The lowest BCUT2D eigenvalue weighted by molar-refractivity contribution is -0.140. The van der Waals surface area contributed by atoms with Crippen molar-refractivity contribution in [1.29, 1.82) is 0 Å². The van der Waals surface area contributed by atoms with Crippen LogP contribution in [0.2, 0.25) is 0 Å². The van der Waals surface area contributed by atoms with Gasteiger partial charge < -0.3 is 25.5 Å². The van der Waals surface area contributed by atoms with Crippen LogP contribution < -0.4 is 16.3 Å². The number of para-hydroxylation sites is 1. The zero-order valence-electron chi connectivity index (χ0n) is 17.9. The first-order valence-corrected chi connectivity index (χ1v) is 10.5. The van der Waals surface area contributed by atoms with E-state index in [9.17, 15) is 14.4 Å². The second-order valence-corrected chi connectivity index (χ2v) is 8.29. The molecule has 2 aromatic rings.